The van der Waals surface area contributed by atoms with E-state index in [4.69, 9.17) is 25.8 Å². The lowest BCUT2D eigenvalue weighted by Crippen LogP contribution is -2.41. The molecule has 1 aromatic heterocycles. The van der Waals surface area contributed by atoms with E-state index in [1.807, 2.05) is 24.3 Å². The highest BCUT2D eigenvalue weighted by Crippen LogP contribution is 2.33. The van der Waals surface area contributed by atoms with Crippen molar-refractivity contribution in [2.45, 2.75) is 25.5 Å². The van der Waals surface area contributed by atoms with Crippen molar-refractivity contribution in [3.8, 4) is 17.2 Å². The van der Waals surface area contributed by atoms with Crippen LogP contribution < -0.4 is 19.5 Å². The van der Waals surface area contributed by atoms with Crippen LogP contribution in [0.1, 0.15) is 30.1 Å². The summed E-state index contributed by atoms with van der Waals surface area (Å²) in [6, 6.07) is 11.8. The molecule has 2 aliphatic heterocycles. The molecular weight excluding hydrogens is 466 g/mol. The number of aliphatic hydroxyl groups is 1. The quantitative estimate of drug-likeness (QED) is 0.483. The van der Waals surface area contributed by atoms with Gasteiger partial charge in [0.25, 0.3) is 0 Å². The van der Waals surface area contributed by atoms with Crippen molar-refractivity contribution in [1.29, 1.82) is 0 Å². The van der Waals surface area contributed by atoms with E-state index in [9.17, 15) is 5.11 Å². The van der Waals surface area contributed by atoms with Crippen LogP contribution in [0.15, 0.2) is 42.6 Å². The monoisotopic (exact) mass is 497 g/mol. The van der Waals surface area contributed by atoms with Crippen LogP contribution in [0, 0.1) is 5.92 Å². The molecule has 3 aromatic rings. The van der Waals surface area contributed by atoms with E-state index in [0.717, 1.165) is 66.3 Å². The van der Waals surface area contributed by atoms with Gasteiger partial charge in [-0.3, -0.25) is 4.98 Å². The predicted octanol–water partition coefficient (Wildman–Crippen LogP) is 4.20. The van der Waals surface area contributed by atoms with Gasteiger partial charge in [-0.05, 0) is 67.7 Å². The molecule has 35 heavy (non-hydrogen) atoms. The molecule has 0 amide bonds. The lowest BCUT2D eigenvalue weighted by Gasteiger charge is -2.34. The maximum Gasteiger partial charge on any atom is 0.161 e. The second kappa shape index (κ2) is 11.0. The normalized spacial score (nSPS) is 19.0. The van der Waals surface area contributed by atoms with Gasteiger partial charge >= 0.3 is 0 Å². The minimum Gasteiger partial charge on any atom is -0.497 e. The van der Waals surface area contributed by atoms with E-state index in [1.54, 1.807) is 13.3 Å². The zero-order chi connectivity index (χ0) is 24.2. The van der Waals surface area contributed by atoms with Crippen molar-refractivity contribution in [2.24, 2.45) is 5.92 Å². The third kappa shape index (κ3) is 5.64. The maximum absolute atomic E-state index is 11.2. The Labute approximate surface area is 211 Å². The van der Waals surface area contributed by atoms with Crippen molar-refractivity contribution in [3.63, 3.8) is 0 Å². The average molecular weight is 498 g/mol. The topological polar surface area (TPSA) is 76.1 Å². The number of aliphatic hydroxyl groups excluding tert-OH is 1. The van der Waals surface area contributed by atoms with Gasteiger partial charge in [0.2, 0.25) is 0 Å². The lowest BCUT2D eigenvalue weighted by molar-refractivity contribution is 0.0849. The Balaban J connectivity index is 1.18. The predicted molar refractivity (Wildman–Crippen MR) is 137 cm³/mol. The molecule has 2 aliphatic rings. The number of hydrogen-bond donors (Lipinski definition) is 2. The summed E-state index contributed by atoms with van der Waals surface area (Å²) in [4.78, 5) is 6.75. The van der Waals surface area contributed by atoms with E-state index < -0.39 is 6.10 Å². The van der Waals surface area contributed by atoms with Gasteiger partial charge in [-0.15, -0.1) is 0 Å². The standard InChI is InChI=1S/C27H32ClN3O4/c1-33-20-5-6-23-21(12-20)27(22(28)15-30-23)24(32)17-31-8-2-3-19(16-31)14-29-13-18-4-7-25-26(11-18)35-10-9-34-25/h4-7,11-12,15,19,24,29,32H,2-3,8-10,13-14,16-17H2,1H3. The molecule has 2 unspecified atom stereocenters. The summed E-state index contributed by atoms with van der Waals surface area (Å²) >= 11 is 6.50. The molecule has 1 saturated heterocycles. The molecule has 5 rings (SSSR count). The van der Waals surface area contributed by atoms with Gasteiger partial charge < -0.3 is 29.5 Å². The van der Waals surface area contributed by atoms with Gasteiger partial charge in [0.15, 0.2) is 11.5 Å². The number of piperidine rings is 1. The molecule has 2 aromatic carbocycles. The van der Waals surface area contributed by atoms with E-state index in [1.165, 1.54) is 12.0 Å². The third-order valence-corrected chi connectivity index (χ3v) is 7.11. The fraction of sp³-hybridized carbons (Fsp3) is 0.444. The van der Waals surface area contributed by atoms with Crippen LogP contribution in [0.2, 0.25) is 5.02 Å². The molecule has 1 fully saturated rings. The Morgan fingerprint density at radius 3 is 2.91 bits per heavy atom. The summed E-state index contributed by atoms with van der Waals surface area (Å²) in [6.45, 7) is 5.37. The summed E-state index contributed by atoms with van der Waals surface area (Å²) in [6.07, 6.45) is 3.21. The van der Waals surface area contributed by atoms with Crippen LogP contribution in [0.4, 0.5) is 0 Å². The number of rotatable bonds is 8. The highest BCUT2D eigenvalue weighted by Gasteiger charge is 2.24. The van der Waals surface area contributed by atoms with Crippen molar-refractivity contribution in [2.75, 3.05) is 46.5 Å². The second-order valence-corrected chi connectivity index (χ2v) is 9.70. The first-order valence-electron chi connectivity index (χ1n) is 12.2. The zero-order valence-corrected chi connectivity index (χ0v) is 20.8. The number of methoxy groups -OCH3 is 1. The Morgan fingerprint density at radius 1 is 1.20 bits per heavy atom. The first-order chi connectivity index (χ1) is 17.1. The van der Waals surface area contributed by atoms with Crippen molar-refractivity contribution >= 4 is 22.5 Å². The summed E-state index contributed by atoms with van der Waals surface area (Å²) < 4.78 is 16.7. The summed E-state index contributed by atoms with van der Waals surface area (Å²) in [7, 11) is 1.63. The SMILES string of the molecule is COc1ccc2ncc(Cl)c(C(O)CN3CCCC(CNCc4ccc5c(c4)OCCO5)C3)c2c1. The van der Waals surface area contributed by atoms with Crippen LogP contribution in [0.25, 0.3) is 10.9 Å². The zero-order valence-electron chi connectivity index (χ0n) is 20.0. The smallest absolute Gasteiger partial charge is 0.161 e. The van der Waals surface area contributed by atoms with E-state index in [0.29, 0.717) is 30.7 Å². The van der Waals surface area contributed by atoms with Crippen molar-refractivity contribution in [3.05, 3.63) is 58.7 Å². The van der Waals surface area contributed by atoms with Gasteiger partial charge in [0.05, 0.1) is 23.8 Å². The number of nitrogens with zero attached hydrogens (tertiary/aromatic N) is 2. The number of halogens is 1. The minimum absolute atomic E-state index is 0.480. The molecule has 2 atom stereocenters. The van der Waals surface area contributed by atoms with E-state index in [-0.39, 0.29) is 0 Å². The lowest BCUT2D eigenvalue weighted by atomic mass is 9.96. The molecular formula is C27H32ClN3O4. The number of hydrogen-bond acceptors (Lipinski definition) is 7. The fourth-order valence-electron chi connectivity index (χ4n) is 5.07. The molecule has 0 bridgehead atoms. The Bertz CT molecular complexity index is 1170. The van der Waals surface area contributed by atoms with Crippen LogP contribution in [0.3, 0.4) is 0 Å². The van der Waals surface area contributed by atoms with E-state index in [2.05, 4.69) is 27.3 Å². The van der Waals surface area contributed by atoms with Crippen molar-refractivity contribution in [1.82, 2.24) is 15.2 Å². The molecule has 2 N–H and O–H groups in total. The summed E-state index contributed by atoms with van der Waals surface area (Å²) in [5, 5.41) is 16.1. The average Bonchev–Trinajstić information content (AvgIpc) is 2.88. The number of likely N-dealkylation sites (tertiary alicyclic amines) is 1. The molecule has 0 spiro atoms. The third-order valence-electron chi connectivity index (χ3n) is 6.80. The van der Waals surface area contributed by atoms with Crippen LogP contribution >= 0.6 is 11.6 Å². The second-order valence-electron chi connectivity index (χ2n) is 9.30. The molecule has 7 nitrogen and oxygen atoms in total. The number of β-amino-alcohol motifs (C(OH)–C–C–N with tert-alkyl or cyclic N) is 1. The van der Waals surface area contributed by atoms with Gasteiger partial charge in [-0.1, -0.05) is 17.7 Å². The van der Waals surface area contributed by atoms with Crippen LogP contribution in [-0.2, 0) is 6.54 Å². The highest BCUT2D eigenvalue weighted by molar-refractivity contribution is 6.32. The van der Waals surface area contributed by atoms with Gasteiger partial charge in [-0.2, -0.15) is 0 Å². The fourth-order valence-corrected chi connectivity index (χ4v) is 5.35. The Hall–Kier alpha value is -2.58. The number of benzene rings is 2. The molecule has 0 radical (unpaired) electrons. The number of ether oxygens (including phenoxy) is 3. The molecule has 3 heterocycles. The van der Waals surface area contributed by atoms with Crippen LogP contribution in [-0.4, -0.2) is 61.5 Å². The Morgan fingerprint density at radius 2 is 2.06 bits per heavy atom. The summed E-state index contributed by atoms with van der Waals surface area (Å²) in [5.74, 6) is 2.89. The highest BCUT2D eigenvalue weighted by atomic mass is 35.5. The summed E-state index contributed by atoms with van der Waals surface area (Å²) in [5.41, 5.74) is 2.70. The first kappa shape index (κ1) is 24.1. The van der Waals surface area contributed by atoms with Gasteiger partial charge in [-0.25, -0.2) is 0 Å². The van der Waals surface area contributed by atoms with Gasteiger partial charge in [0, 0.05) is 36.8 Å². The minimum atomic E-state index is -0.704. The molecule has 0 aliphatic carbocycles. The Kier molecular flexibility index (Phi) is 7.58. The van der Waals surface area contributed by atoms with Gasteiger partial charge in [0.1, 0.15) is 19.0 Å². The largest absolute Gasteiger partial charge is 0.497 e. The maximum atomic E-state index is 11.2. The molecule has 0 saturated carbocycles. The first-order valence-corrected chi connectivity index (χ1v) is 12.6. The van der Waals surface area contributed by atoms with Crippen molar-refractivity contribution < 1.29 is 19.3 Å². The molecule has 8 heteroatoms. The number of fused-ring (bicyclic) bond motifs is 2. The van der Waals surface area contributed by atoms with Crippen LogP contribution in [0.5, 0.6) is 17.2 Å². The molecule has 186 valence electrons. The van der Waals surface area contributed by atoms with E-state index >= 15 is 0 Å². The number of nitrogens with one attached hydrogen (secondary N) is 1. The number of pyridine rings is 1. The number of aromatic nitrogens is 1.